The second kappa shape index (κ2) is 12.3. The summed E-state index contributed by atoms with van der Waals surface area (Å²) in [5.41, 5.74) is 3.64. The molecule has 0 aliphatic carbocycles. The Bertz CT molecular complexity index is 1680. The van der Waals surface area contributed by atoms with Crippen molar-refractivity contribution in [2.45, 2.75) is 103 Å². The molecule has 3 aromatic rings. The molecular weight excluding hydrogens is 596 g/mol. The Labute approximate surface area is 276 Å². The van der Waals surface area contributed by atoms with Crippen LogP contribution in [0.5, 0.6) is 0 Å². The molecule has 3 fully saturated rings. The summed E-state index contributed by atoms with van der Waals surface area (Å²) >= 11 is 0. The summed E-state index contributed by atoms with van der Waals surface area (Å²) in [6.07, 6.45) is 6.83. The maximum absolute atomic E-state index is 12.7. The lowest BCUT2D eigenvalue weighted by molar-refractivity contribution is -0.0368. The van der Waals surface area contributed by atoms with Gasteiger partial charge in [-0.1, -0.05) is 19.1 Å². The first kappa shape index (κ1) is 31.6. The molecule has 12 heteroatoms. The predicted octanol–water partition coefficient (Wildman–Crippen LogP) is 6.62. The molecule has 1 N–H and O–H groups in total. The predicted molar refractivity (Wildman–Crippen MR) is 179 cm³/mol. The molecule has 6 heterocycles. The molecule has 1 aromatic carbocycles. The molecular formula is C35H46N8O4. The van der Waals surface area contributed by atoms with Crippen LogP contribution in [0.4, 0.5) is 27.8 Å². The fourth-order valence-corrected chi connectivity index (χ4v) is 7.73. The Kier molecular flexibility index (Phi) is 8.25. The van der Waals surface area contributed by atoms with Gasteiger partial charge in [-0.15, -0.1) is 5.10 Å². The van der Waals surface area contributed by atoms with Crippen molar-refractivity contribution in [2.75, 3.05) is 42.6 Å². The highest BCUT2D eigenvalue weighted by Crippen LogP contribution is 2.45. The summed E-state index contributed by atoms with van der Waals surface area (Å²) < 4.78 is 19.9. The van der Waals surface area contributed by atoms with Gasteiger partial charge in [0.1, 0.15) is 11.4 Å². The van der Waals surface area contributed by atoms with E-state index in [1.807, 2.05) is 56.8 Å². The highest BCUT2D eigenvalue weighted by molar-refractivity contribution is 5.89. The van der Waals surface area contributed by atoms with Crippen LogP contribution in [0.25, 0.3) is 16.0 Å². The summed E-state index contributed by atoms with van der Waals surface area (Å²) in [4.78, 5) is 31.2. The zero-order chi connectivity index (χ0) is 32.9. The van der Waals surface area contributed by atoms with Gasteiger partial charge in [0.25, 0.3) is 0 Å². The zero-order valence-corrected chi connectivity index (χ0v) is 28.2. The third-order valence-corrected chi connectivity index (χ3v) is 10.3. The number of carbonyl (C=O) groups excluding carboxylic acids is 1. The van der Waals surface area contributed by atoms with Gasteiger partial charge in [-0.2, -0.15) is 0 Å². The van der Waals surface area contributed by atoms with Crippen LogP contribution < -0.4 is 15.1 Å². The number of benzene rings is 1. The minimum absolute atomic E-state index is 0.0932. The van der Waals surface area contributed by atoms with E-state index in [2.05, 4.69) is 26.9 Å². The highest BCUT2D eigenvalue weighted by atomic mass is 16.6. The maximum Gasteiger partial charge on any atom is 0.407 e. The normalized spacial score (nSPS) is 25.9. The van der Waals surface area contributed by atoms with E-state index in [0.717, 1.165) is 92.2 Å². The minimum Gasteiger partial charge on any atom is -0.444 e. The van der Waals surface area contributed by atoms with Gasteiger partial charge < -0.3 is 29.3 Å². The van der Waals surface area contributed by atoms with Gasteiger partial charge in [-0.05, 0) is 83.8 Å². The lowest BCUT2D eigenvalue weighted by Crippen LogP contribution is -2.55. The molecule has 0 radical (unpaired) electrons. The molecule has 4 aliphatic rings. The average Bonchev–Trinajstić information content (AvgIpc) is 3.58. The zero-order valence-electron chi connectivity index (χ0n) is 28.2. The van der Waals surface area contributed by atoms with Gasteiger partial charge in [0.15, 0.2) is 28.9 Å². The first-order chi connectivity index (χ1) is 22.5. The number of fused-ring (bicyclic) bond motifs is 2. The van der Waals surface area contributed by atoms with E-state index in [1.54, 1.807) is 0 Å². The van der Waals surface area contributed by atoms with E-state index >= 15 is 0 Å². The van der Waals surface area contributed by atoms with Crippen LogP contribution in [0.3, 0.4) is 0 Å². The Morgan fingerprint density at radius 1 is 1.13 bits per heavy atom. The van der Waals surface area contributed by atoms with Gasteiger partial charge in [-0.3, -0.25) is 0 Å². The third kappa shape index (κ3) is 6.00. The Hall–Kier alpha value is -3.95. The number of piperidine rings is 1. The SMILES string of the molecule is [C-]#[N+]c1ccc2c(c1)[C@@H](C)CCN2c1nn(C2CCCCO2)c2nc(N3CCC4(CC3)CO[C@@H](C)[C@H]4NC(=O)OC(C)(C)C)cnc12. The molecule has 1 spiro atoms. The molecule has 3 saturated heterocycles. The first-order valence-corrected chi connectivity index (χ1v) is 17.1. The fraction of sp³-hybridized carbons (Fsp3) is 0.629. The van der Waals surface area contributed by atoms with Crippen molar-refractivity contribution in [3.05, 3.63) is 41.4 Å². The highest BCUT2D eigenvalue weighted by Gasteiger charge is 2.50. The van der Waals surface area contributed by atoms with Crippen LogP contribution in [0.15, 0.2) is 24.4 Å². The van der Waals surface area contributed by atoms with Crippen LogP contribution >= 0.6 is 0 Å². The van der Waals surface area contributed by atoms with Crippen molar-refractivity contribution in [1.82, 2.24) is 25.1 Å². The lowest BCUT2D eigenvalue weighted by atomic mass is 9.73. The third-order valence-electron chi connectivity index (χ3n) is 10.3. The Balaban J connectivity index is 1.17. The van der Waals surface area contributed by atoms with Crippen molar-refractivity contribution in [3.8, 4) is 0 Å². The number of alkyl carbamates (subject to hydrolysis) is 1. The number of aromatic nitrogens is 4. The molecule has 12 nitrogen and oxygen atoms in total. The Morgan fingerprint density at radius 3 is 2.66 bits per heavy atom. The summed E-state index contributed by atoms with van der Waals surface area (Å²) in [5.74, 6) is 1.95. The number of amides is 1. The maximum atomic E-state index is 12.7. The van der Waals surface area contributed by atoms with E-state index in [1.165, 1.54) is 0 Å². The van der Waals surface area contributed by atoms with Crippen LogP contribution in [0, 0.1) is 12.0 Å². The molecule has 7 rings (SSSR count). The van der Waals surface area contributed by atoms with E-state index < -0.39 is 11.7 Å². The molecule has 0 bridgehead atoms. The number of anilines is 3. The summed E-state index contributed by atoms with van der Waals surface area (Å²) in [6, 6.07) is 5.82. The summed E-state index contributed by atoms with van der Waals surface area (Å²) in [7, 11) is 0. The topological polar surface area (TPSA) is 111 Å². The number of hydrogen-bond donors (Lipinski definition) is 1. The molecule has 250 valence electrons. The van der Waals surface area contributed by atoms with Crippen LogP contribution in [0.1, 0.15) is 90.9 Å². The lowest BCUT2D eigenvalue weighted by Gasteiger charge is -2.42. The number of carbonyl (C=O) groups is 1. The van der Waals surface area contributed by atoms with E-state index in [9.17, 15) is 4.79 Å². The van der Waals surface area contributed by atoms with Gasteiger partial charge in [0, 0.05) is 37.3 Å². The monoisotopic (exact) mass is 642 g/mol. The fourth-order valence-electron chi connectivity index (χ4n) is 7.73. The Morgan fingerprint density at radius 2 is 1.94 bits per heavy atom. The van der Waals surface area contributed by atoms with Crippen LogP contribution in [-0.2, 0) is 14.2 Å². The molecule has 2 aromatic heterocycles. The number of rotatable bonds is 4. The first-order valence-electron chi connectivity index (χ1n) is 17.1. The second-order valence-corrected chi connectivity index (χ2v) is 14.7. The van der Waals surface area contributed by atoms with Crippen molar-refractivity contribution >= 4 is 40.3 Å². The van der Waals surface area contributed by atoms with Gasteiger partial charge in [-0.25, -0.2) is 24.3 Å². The molecule has 47 heavy (non-hydrogen) atoms. The van der Waals surface area contributed by atoms with E-state index in [0.29, 0.717) is 24.8 Å². The van der Waals surface area contributed by atoms with Crippen LogP contribution in [0.2, 0.25) is 0 Å². The minimum atomic E-state index is -0.562. The quantitative estimate of drug-likeness (QED) is 0.314. The van der Waals surface area contributed by atoms with Crippen LogP contribution in [-0.4, -0.2) is 76.4 Å². The van der Waals surface area contributed by atoms with Gasteiger partial charge >= 0.3 is 6.09 Å². The molecule has 4 aliphatic heterocycles. The number of ether oxygens (including phenoxy) is 3. The largest absolute Gasteiger partial charge is 0.444 e. The number of nitrogens with one attached hydrogen (secondary N) is 1. The van der Waals surface area contributed by atoms with Crippen molar-refractivity contribution in [3.63, 3.8) is 0 Å². The second-order valence-electron chi connectivity index (χ2n) is 14.7. The number of hydrogen-bond acceptors (Lipinski definition) is 9. The summed E-state index contributed by atoms with van der Waals surface area (Å²) in [5, 5.41) is 8.30. The van der Waals surface area contributed by atoms with Gasteiger partial charge in [0.05, 0.1) is 31.5 Å². The van der Waals surface area contributed by atoms with Crippen molar-refractivity contribution in [2.24, 2.45) is 5.41 Å². The summed E-state index contributed by atoms with van der Waals surface area (Å²) in [6.45, 7) is 21.0. The van der Waals surface area contributed by atoms with Crippen molar-refractivity contribution in [1.29, 1.82) is 0 Å². The van der Waals surface area contributed by atoms with Gasteiger partial charge in [0.2, 0.25) is 0 Å². The standard InChI is InChI=1S/C35H46N8O4/c1-22-12-15-42(26-11-10-24(36-6)19-25(22)26)32-29-31(43(40-32)28-9-7-8-18-45-28)38-27(20-37-29)41-16-13-35(14-17-41)21-46-23(2)30(35)39-33(44)47-34(3,4)5/h10-11,19-20,22-23,28,30H,7-9,12-18,21H2,1-5H3,(H,39,44)/t22-,23-,28?,30+/m0/s1. The van der Waals surface area contributed by atoms with E-state index in [-0.39, 0.29) is 23.8 Å². The molecule has 1 unspecified atom stereocenters. The molecule has 0 saturated carbocycles. The van der Waals surface area contributed by atoms with Crippen molar-refractivity contribution < 1.29 is 19.0 Å². The van der Waals surface area contributed by atoms with E-state index in [4.69, 9.17) is 35.8 Å². The molecule has 4 atom stereocenters. The molecule has 1 amide bonds. The smallest absolute Gasteiger partial charge is 0.407 e. The average molecular weight is 643 g/mol. The number of nitrogens with zero attached hydrogens (tertiary/aromatic N) is 7.